The summed E-state index contributed by atoms with van der Waals surface area (Å²) in [5.41, 5.74) is 0.612. The zero-order valence-electron chi connectivity index (χ0n) is 16.0. The molecule has 0 N–H and O–H groups in total. The van der Waals surface area contributed by atoms with Gasteiger partial charge in [0, 0.05) is 0 Å². The molecule has 0 aromatic carbocycles. The molecule has 0 radical (unpaired) electrons. The van der Waals surface area contributed by atoms with Crippen LogP contribution in [0.25, 0.3) is 0 Å². The van der Waals surface area contributed by atoms with Gasteiger partial charge in [-0.1, -0.05) is 52.9 Å². The molecule has 0 aromatic rings. The van der Waals surface area contributed by atoms with E-state index in [1.54, 1.807) is 32.1 Å². The Labute approximate surface area is 145 Å². The molecular weight excluding hydrogens is 276 g/mol. The van der Waals surface area contributed by atoms with Gasteiger partial charge in [0.15, 0.2) is 0 Å². The van der Waals surface area contributed by atoms with Crippen LogP contribution in [0, 0.1) is 46.8 Å². The highest BCUT2D eigenvalue weighted by molar-refractivity contribution is 5.02. The van der Waals surface area contributed by atoms with Crippen molar-refractivity contribution in [1.82, 2.24) is 0 Å². The third-order valence-electron chi connectivity index (χ3n) is 9.44. The monoisotopic (exact) mass is 316 g/mol. The smallest absolute Gasteiger partial charge is 0.0297 e. The molecule has 23 heavy (non-hydrogen) atoms. The van der Waals surface area contributed by atoms with Gasteiger partial charge in [0.05, 0.1) is 0 Å². The Morgan fingerprint density at radius 2 is 1.17 bits per heavy atom. The molecule has 6 atom stereocenters. The van der Waals surface area contributed by atoms with Crippen LogP contribution >= 0.6 is 0 Å². The van der Waals surface area contributed by atoms with Crippen LogP contribution in [-0.2, 0) is 0 Å². The van der Waals surface area contributed by atoms with Crippen molar-refractivity contribution in [3.63, 3.8) is 0 Å². The number of fused-ring (bicyclic) bond motifs is 3. The molecule has 4 aliphatic carbocycles. The quantitative estimate of drug-likeness (QED) is 0.510. The lowest BCUT2D eigenvalue weighted by Crippen LogP contribution is -2.39. The average Bonchev–Trinajstić information content (AvgIpc) is 2.89. The van der Waals surface area contributed by atoms with E-state index in [-0.39, 0.29) is 0 Å². The molecule has 4 aliphatic rings. The van der Waals surface area contributed by atoms with Crippen LogP contribution in [0.1, 0.15) is 97.8 Å². The first-order chi connectivity index (χ1) is 11.1. The lowest BCUT2D eigenvalue weighted by molar-refractivity contribution is 0.0179. The SMILES string of the molecule is CC1C2CCCCC2C2CC(C(C)(C)C3CCCCC3)CCC12. The molecule has 4 fully saturated rings. The summed E-state index contributed by atoms with van der Waals surface area (Å²) in [4.78, 5) is 0. The largest absolute Gasteiger partial charge is 0.0620 e. The summed E-state index contributed by atoms with van der Waals surface area (Å²) in [7, 11) is 0. The summed E-state index contributed by atoms with van der Waals surface area (Å²) in [6.07, 6.45) is 18.5. The molecule has 4 rings (SSSR count). The van der Waals surface area contributed by atoms with Crippen LogP contribution in [0.2, 0.25) is 0 Å². The second-order valence-corrected chi connectivity index (χ2v) is 10.5. The molecule has 0 amide bonds. The Morgan fingerprint density at radius 1 is 0.565 bits per heavy atom. The molecule has 0 heterocycles. The molecule has 0 spiro atoms. The van der Waals surface area contributed by atoms with E-state index in [0.717, 1.165) is 41.4 Å². The van der Waals surface area contributed by atoms with Gasteiger partial charge in [0.25, 0.3) is 0 Å². The third-order valence-corrected chi connectivity index (χ3v) is 9.44. The zero-order chi connectivity index (χ0) is 16.0. The van der Waals surface area contributed by atoms with Crippen molar-refractivity contribution in [2.24, 2.45) is 46.8 Å². The van der Waals surface area contributed by atoms with E-state index in [1.807, 2.05) is 0 Å². The van der Waals surface area contributed by atoms with Crippen molar-refractivity contribution < 1.29 is 0 Å². The molecule has 4 saturated carbocycles. The summed E-state index contributed by atoms with van der Waals surface area (Å²) < 4.78 is 0. The Hall–Kier alpha value is 0. The van der Waals surface area contributed by atoms with Crippen LogP contribution in [0.3, 0.4) is 0 Å². The van der Waals surface area contributed by atoms with Gasteiger partial charge in [-0.25, -0.2) is 0 Å². The summed E-state index contributed by atoms with van der Waals surface area (Å²) in [6, 6.07) is 0. The minimum absolute atomic E-state index is 0.612. The Morgan fingerprint density at radius 3 is 1.91 bits per heavy atom. The molecule has 0 saturated heterocycles. The maximum absolute atomic E-state index is 2.66. The summed E-state index contributed by atoms with van der Waals surface area (Å²) >= 11 is 0. The normalized spacial score (nSPS) is 45.5. The fourth-order valence-electron chi connectivity index (χ4n) is 7.92. The number of hydrogen-bond donors (Lipinski definition) is 0. The highest BCUT2D eigenvalue weighted by Gasteiger charge is 2.52. The topological polar surface area (TPSA) is 0 Å². The first-order valence-electron chi connectivity index (χ1n) is 11.1. The first kappa shape index (κ1) is 16.5. The molecule has 132 valence electrons. The van der Waals surface area contributed by atoms with Crippen LogP contribution in [0.5, 0.6) is 0 Å². The number of rotatable bonds is 2. The maximum atomic E-state index is 2.66. The van der Waals surface area contributed by atoms with Crippen LogP contribution < -0.4 is 0 Å². The van der Waals surface area contributed by atoms with Gasteiger partial charge in [-0.2, -0.15) is 0 Å². The maximum Gasteiger partial charge on any atom is -0.0297 e. The summed E-state index contributed by atoms with van der Waals surface area (Å²) in [6.45, 7) is 7.94. The average molecular weight is 317 g/mol. The van der Waals surface area contributed by atoms with E-state index in [1.165, 1.54) is 44.9 Å². The van der Waals surface area contributed by atoms with Crippen LogP contribution in [0.15, 0.2) is 0 Å². The Balaban J connectivity index is 1.48. The minimum atomic E-state index is 0.612. The van der Waals surface area contributed by atoms with Crippen molar-refractivity contribution in [3.05, 3.63) is 0 Å². The fourth-order valence-corrected chi connectivity index (χ4v) is 7.92. The standard InChI is InChI=1S/C23H40/c1-16-19-11-7-8-12-21(19)22-15-18(13-14-20(16)22)23(2,3)17-9-5-4-6-10-17/h16-22H,4-15H2,1-3H3. The second-order valence-electron chi connectivity index (χ2n) is 10.5. The van der Waals surface area contributed by atoms with Crippen molar-refractivity contribution in [3.8, 4) is 0 Å². The van der Waals surface area contributed by atoms with Gasteiger partial charge in [-0.15, -0.1) is 0 Å². The van der Waals surface area contributed by atoms with E-state index in [2.05, 4.69) is 20.8 Å². The third kappa shape index (κ3) is 2.81. The van der Waals surface area contributed by atoms with Gasteiger partial charge in [-0.3, -0.25) is 0 Å². The van der Waals surface area contributed by atoms with E-state index in [9.17, 15) is 0 Å². The number of hydrogen-bond acceptors (Lipinski definition) is 0. The van der Waals surface area contributed by atoms with E-state index >= 15 is 0 Å². The highest BCUT2D eigenvalue weighted by Crippen LogP contribution is 2.61. The summed E-state index contributed by atoms with van der Waals surface area (Å²) in [5, 5.41) is 0. The van der Waals surface area contributed by atoms with E-state index in [4.69, 9.17) is 0 Å². The molecule has 0 bridgehead atoms. The van der Waals surface area contributed by atoms with E-state index < -0.39 is 0 Å². The molecular formula is C23H40. The van der Waals surface area contributed by atoms with E-state index in [0.29, 0.717) is 5.41 Å². The fraction of sp³-hybridized carbons (Fsp3) is 1.00. The van der Waals surface area contributed by atoms with Gasteiger partial charge in [0.1, 0.15) is 0 Å². The molecule has 0 heteroatoms. The van der Waals surface area contributed by atoms with Gasteiger partial charge < -0.3 is 0 Å². The lowest BCUT2D eigenvalue weighted by atomic mass is 9.57. The predicted octanol–water partition coefficient (Wildman–Crippen LogP) is 7.08. The Bertz CT molecular complexity index is 402. The van der Waals surface area contributed by atoms with Crippen molar-refractivity contribution in [2.45, 2.75) is 97.8 Å². The Kier molecular flexibility index (Phi) is 4.57. The molecule has 6 unspecified atom stereocenters. The van der Waals surface area contributed by atoms with Crippen molar-refractivity contribution >= 4 is 0 Å². The lowest BCUT2D eigenvalue weighted by Gasteiger charge is -2.48. The van der Waals surface area contributed by atoms with Gasteiger partial charge in [0.2, 0.25) is 0 Å². The predicted molar refractivity (Wildman–Crippen MR) is 99.3 cm³/mol. The van der Waals surface area contributed by atoms with Gasteiger partial charge >= 0.3 is 0 Å². The molecule has 0 aliphatic heterocycles. The van der Waals surface area contributed by atoms with Crippen LogP contribution in [0.4, 0.5) is 0 Å². The zero-order valence-corrected chi connectivity index (χ0v) is 16.0. The highest BCUT2D eigenvalue weighted by atomic mass is 14.6. The van der Waals surface area contributed by atoms with Crippen molar-refractivity contribution in [1.29, 1.82) is 0 Å². The summed E-state index contributed by atoms with van der Waals surface area (Å²) in [5.74, 6) is 7.53. The second kappa shape index (κ2) is 6.38. The van der Waals surface area contributed by atoms with Gasteiger partial charge in [-0.05, 0) is 91.8 Å². The first-order valence-corrected chi connectivity index (χ1v) is 11.1. The van der Waals surface area contributed by atoms with Crippen LogP contribution in [-0.4, -0.2) is 0 Å². The minimum Gasteiger partial charge on any atom is -0.0620 e. The molecule has 0 nitrogen and oxygen atoms in total. The van der Waals surface area contributed by atoms with Crippen molar-refractivity contribution in [2.75, 3.05) is 0 Å². The molecule has 0 aromatic heterocycles.